The number of aryl methyl sites for hydroxylation is 1. The van der Waals surface area contributed by atoms with Gasteiger partial charge in [0, 0.05) is 11.6 Å². The molecule has 1 N–H and O–H groups in total. The van der Waals surface area contributed by atoms with Gasteiger partial charge in [-0.3, -0.25) is 4.79 Å². The number of rotatable bonds is 3. The number of hydrogen-bond acceptors (Lipinski definition) is 5. The molecular formula is C21H16N4O2S. The van der Waals surface area contributed by atoms with E-state index in [0.29, 0.717) is 33.3 Å². The summed E-state index contributed by atoms with van der Waals surface area (Å²) < 4.78 is 8.25. The van der Waals surface area contributed by atoms with Gasteiger partial charge in [-0.15, -0.1) is 0 Å². The Balaban J connectivity index is 1.79. The molecule has 0 aliphatic carbocycles. The highest BCUT2D eigenvalue weighted by Crippen LogP contribution is 2.30. The summed E-state index contributed by atoms with van der Waals surface area (Å²) >= 11 is 1.54. The maximum atomic E-state index is 12.9. The average Bonchev–Trinajstić information content (AvgIpc) is 3.29. The van der Waals surface area contributed by atoms with Crippen molar-refractivity contribution in [2.45, 2.75) is 6.92 Å². The number of ether oxygens (including phenoxy) is 1. The van der Waals surface area contributed by atoms with Gasteiger partial charge in [0.2, 0.25) is 5.13 Å². The van der Waals surface area contributed by atoms with Gasteiger partial charge in [0.15, 0.2) is 5.43 Å². The first-order chi connectivity index (χ1) is 13.7. The number of fused-ring (bicyclic) bond motifs is 2. The molecule has 28 heavy (non-hydrogen) atoms. The van der Waals surface area contributed by atoms with Gasteiger partial charge in [-0.2, -0.15) is 9.78 Å². The van der Waals surface area contributed by atoms with Gasteiger partial charge in [0.25, 0.3) is 0 Å². The van der Waals surface area contributed by atoms with Crippen LogP contribution in [0.4, 0.5) is 0 Å². The fourth-order valence-corrected chi connectivity index (χ4v) is 4.33. The second-order valence-corrected chi connectivity index (χ2v) is 7.44. The third-order valence-corrected chi connectivity index (χ3v) is 5.71. The minimum Gasteiger partial charge on any atom is -0.496 e. The normalized spacial score (nSPS) is 11.4. The number of methoxy groups -OCH3 is 1. The van der Waals surface area contributed by atoms with E-state index in [1.54, 1.807) is 17.9 Å². The molecule has 0 radical (unpaired) electrons. The van der Waals surface area contributed by atoms with Gasteiger partial charge < -0.3 is 9.72 Å². The SMILES string of the molecule is COc1ccccc1-c1cc(=O)c2c(C)nn(-c3nc4ccccc4s3)c2[nH]1. The molecule has 3 aromatic heterocycles. The molecule has 0 aliphatic rings. The van der Waals surface area contributed by atoms with E-state index in [9.17, 15) is 4.79 Å². The molecule has 5 rings (SSSR count). The van der Waals surface area contributed by atoms with E-state index in [-0.39, 0.29) is 5.43 Å². The van der Waals surface area contributed by atoms with E-state index in [1.807, 2.05) is 55.5 Å². The lowest BCUT2D eigenvalue weighted by Gasteiger charge is -2.09. The van der Waals surface area contributed by atoms with Crippen LogP contribution in [0.15, 0.2) is 59.4 Å². The number of pyridine rings is 1. The Morgan fingerprint density at radius 2 is 1.89 bits per heavy atom. The van der Waals surface area contributed by atoms with E-state index >= 15 is 0 Å². The summed E-state index contributed by atoms with van der Waals surface area (Å²) in [6.07, 6.45) is 0. The van der Waals surface area contributed by atoms with E-state index in [0.717, 1.165) is 15.8 Å². The molecule has 0 aliphatic heterocycles. The zero-order chi connectivity index (χ0) is 19.3. The van der Waals surface area contributed by atoms with Crippen molar-refractivity contribution in [1.29, 1.82) is 0 Å². The molecule has 0 bridgehead atoms. The fourth-order valence-electron chi connectivity index (χ4n) is 3.41. The Morgan fingerprint density at radius 3 is 2.71 bits per heavy atom. The Bertz CT molecular complexity index is 1360. The smallest absolute Gasteiger partial charge is 0.213 e. The summed E-state index contributed by atoms with van der Waals surface area (Å²) in [5.41, 5.74) is 3.62. The van der Waals surface area contributed by atoms with Crippen molar-refractivity contribution in [2.24, 2.45) is 0 Å². The molecule has 0 saturated heterocycles. The van der Waals surface area contributed by atoms with Gasteiger partial charge in [-0.25, -0.2) is 4.98 Å². The number of nitrogens with zero attached hydrogens (tertiary/aromatic N) is 3. The highest BCUT2D eigenvalue weighted by atomic mass is 32.1. The molecule has 0 atom stereocenters. The van der Waals surface area contributed by atoms with Gasteiger partial charge in [-0.05, 0) is 31.2 Å². The van der Waals surface area contributed by atoms with Crippen molar-refractivity contribution in [1.82, 2.24) is 19.7 Å². The summed E-state index contributed by atoms with van der Waals surface area (Å²) in [6, 6.07) is 17.1. The number of H-pyrrole nitrogens is 1. The topological polar surface area (TPSA) is 72.8 Å². The Labute approximate surface area is 164 Å². The summed E-state index contributed by atoms with van der Waals surface area (Å²) in [7, 11) is 1.62. The van der Waals surface area contributed by atoms with E-state index in [1.165, 1.54) is 11.3 Å². The lowest BCUT2D eigenvalue weighted by molar-refractivity contribution is 0.416. The van der Waals surface area contributed by atoms with Crippen LogP contribution < -0.4 is 10.2 Å². The van der Waals surface area contributed by atoms with Crippen LogP contribution in [-0.2, 0) is 0 Å². The molecule has 5 aromatic rings. The molecule has 2 aromatic carbocycles. The molecule has 0 unspecified atom stereocenters. The van der Waals surface area contributed by atoms with Crippen LogP contribution in [0, 0.1) is 6.92 Å². The lowest BCUT2D eigenvalue weighted by Crippen LogP contribution is -2.05. The molecule has 0 amide bonds. The third-order valence-electron chi connectivity index (χ3n) is 4.70. The minimum atomic E-state index is -0.0838. The van der Waals surface area contributed by atoms with Crippen molar-refractivity contribution in [3.05, 3.63) is 70.5 Å². The molecule has 0 spiro atoms. The van der Waals surface area contributed by atoms with Gasteiger partial charge in [0.05, 0.1) is 34.1 Å². The molecule has 6 nitrogen and oxygen atoms in total. The second kappa shape index (κ2) is 6.31. The van der Waals surface area contributed by atoms with Crippen molar-refractivity contribution in [3.63, 3.8) is 0 Å². The zero-order valence-electron chi connectivity index (χ0n) is 15.3. The monoisotopic (exact) mass is 388 g/mol. The fraction of sp³-hybridized carbons (Fsp3) is 0.0952. The van der Waals surface area contributed by atoms with Crippen molar-refractivity contribution in [3.8, 4) is 22.1 Å². The molecule has 0 fully saturated rings. The summed E-state index contributed by atoms with van der Waals surface area (Å²) in [4.78, 5) is 20.9. The number of benzene rings is 2. The molecule has 0 saturated carbocycles. The first-order valence-corrected chi connectivity index (χ1v) is 9.59. The Kier molecular flexibility index (Phi) is 3.77. The van der Waals surface area contributed by atoms with Gasteiger partial charge in [-0.1, -0.05) is 35.6 Å². The lowest BCUT2D eigenvalue weighted by atomic mass is 10.1. The third kappa shape index (κ3) is 2.51. The maximum absolute atomic E-state index is 12.9. The van der Waals surface area contributed by atoms with Crippen LogP contribution >= 0.6 is 11.3 Å². The molecule has 138 valence electrons. The highest BCUT2D eigenvalue weighted by Gasteiger charge is 2.18. The minimum absolute atomic E-state index is 0.0838. The first kappa shape index (κ1) is 16.7. The van der Waals surface area contributed by atoms with Crippen molar-refractivity contribution >= 4 is 32.6 Å². The standard InChI is InChI=1S/C21H16N4O2S/c1-12-19-16(26)11-15(13-7-3-5-9-17(13)27-2)22-20(19)25(24-12)21-23-14-8-4-6-10-18(14)28-21/h3-11H,1-2H3,(H,22,26). The number of aromatic nitrogens is 4. The maximum Gasteiger partial charge on any atom is 0.213 e. The number of para-hydroxylation sites is 2. The van der Waals surface area contributed by atoms with Crippen molar-refractivity contribution < 1.29 is 4.74 Å². The quantitative estimate of drug-likeness (QED) is 0.500. The van der Waals surface area contributed by atoms with E-state index < -0.39 is 0 Å². The number of hydrogen-bond donors (Lipinski definition) is 1. The van der Waals surface area contributed by atoms with Crippen molar-refractivity contribution in [2.75, 3.05) is 7.11 Å². The average molecular weight is 388 g/mol. The van der Waals surface area contributed by atoms with Gasteiger partial charge in [0.1, 0.15) is 11.4 Å². The number of aromatic amines is 1. The predicted octanol–water partition coefficient (Wildman–Crippen LogP) is 4.31. The van der Waals surface area contributed by atoms with Crippen LogP contribution in [-0.4, -0.2) is 26.9 Å². The Morgan fingerprint density at radius 1 is 1.11 bits per heavy atom. The molecule has 7 heteroatoms. The largest absolute Gasteiger partial charge is 0.496 e. The van der Waals surface area contributed by atoms with Crippen LogP contribution in [0.5, 0.6) is 5.75 Å². The summed E-state index contributed by atoms with van der Waals surface area (Å²) in [6.45, 7) is 1.84. The second-order valence-electron chi connectivity index (χ2n) is 6.43. The number of nitrogens with one attached hydrogen (secondary N) is 1. The van der Waals surface area contributed by atoms with E-state index in [4.69, 9.17) is 4.74 Å². The summed E-state index contributed by atoms with van der Waals surface area (Å²) in [5.74, 6) is 0.695. The molecule has 3 heterocycles. The van der Waals surface area contributed by atoms with Gasteiger partial charge >= 0.3 is 0 Å². The molecular weight excluding hydrogens is 372 g/mol. The zero-order valence-corrected chi connectivity index (χ0v) is 16.1. The summed E-state index contributed by atoms with van der Waals surface area (Å²) in [5, 5.41) is 5.88. The van der Waals surface area contributed by atoms with Crippen LogP contribution in [0.25, 0.3) is 37.6 Å². The predicted molar refractivity (Wildman–Crippen MR) is 112 cm³/mol. The number of thiazole rings is 1. The Hall–Kier alpha value is -3.45. The van der Waals surface area contributed by atoms with E-state index in [2.05, 4.69) is 15.1 Å². The van der Waals surface area contributed by atoms with Crippen LogP contribution in [0.2, 0.25) is 0 Å². The first-order valence-electron chi connectivity index (χ1n) is 8.77. The van der Waals surface area contributed by atoms with Crippen LogP contribution in [0.1, 0.15) is 5.69 Å². The van der Waals surface area contributed by atoms with Crippen LogP contribution in [0.3, 0.4) is 0 Å². The highest BCUT2D eigenvalue weighted by molar-refractivity contribution is 7.20.